The lowest BCUT2D eigenvalue weighted by atomic mass is 10.2. The van der Waals surface area contributed by atoms with Crippen LogP contribution in [0.4, 0.5) is 17.6 Å². The van der Waals surface area contributed by atoms with Gasteiger partial charge in [0.25, 0.3) is 0 Å². The van der Waals surface area contributed by atoms with Crippen molar-refractivity contribution in [2.45, 2.75) is 26.1 Å². The smallest absolute Gasteiger partial charge is 0.357 e. The molecule has 0 unspecified atom stereocenters. The zero-order chi connectivity index (χ0) is 18.0. The molecule has 0 bridgehead atoms. The van der Waals surface area contributed by atoms with Gasteiger partial charge in [0.15, 0.2) is 5.96 Å². The summed E-state index contributed by atoms with van der Waals surface area (Å²) in [5, 5.41) is 6.14. The van der Waals surface area contributed by atoms with E-state index in [0.29, 0.717) is 38.6 Å². The molecule has 0 spiro atoms. The first-order chi connectivity index (χ1) is 11.3. The Labute approximate surface area is 139 Å². The highest BCUT2D eigenvalue weighted by molar-refractivity contribution is 5.79. The number of nitrogens with one attached hydrogen (secondary N) is 2. The molecule has 0 heterocycles. The maximum absolute atomic E-state index is 12.8. The van der Waals surface area contributed by atoms with E-state index in [0.717, 1.165) is 5.56 Å². The third kappa shape index (κ3) is 9.34. The number of rotatable bonds is 8. The fourth-order valence-electron chi connectivity index (χ4n) is 2.04. The first kappa shape index (κ1) is 20.2. The van der Waals surface area contributed by atoms with Gasteiger partial charge in [-0.2, -0.15) is 13.2 Å². The number of benzene rings is 1. The van der Waals surface area contributed by atoms with Crippen LogP contribution in [-0.4, -0.2) is 50.3 Å². The highest BCUT2D eigenvalue weighted by Crippen LogP contribution is 2.15. The van der Waals surface area contributed by atoms with Gasteiger partial charge < -0.3 is 10.6 Å². The fraction of sp³-hybridized carbons (Fsp3) is 0.562. The summed E-state index contributed by atoms with van der Waals surface area (Å²) < 4.78 is 49.5. The Bertz CT molecular complexity index is 500. The largest absolute Gasteiger partial charge is 0.401 e. The van der Waals surface area contributed by atoms with Gasteiger partial charge in [-0.05, 0) is 44.6 Å². The Hall–Kier alpha value is -1.83. The van der Waals surface area contributed by atoms with Gasteiger partial charge in [-0.1, -0.05) is 12.1 Å². The predicted octanol–water partition coefficient (Wildman–Crippen LogP) is 2.77. The van der Waals surface area contributed by atoms with Gasteiger partial charge in [-0.25, -0.2) is 9.38 Å². The number of halogens is 4. The van der Waals surface area contributed by atoms with E-state index in [-0.39, 0.29) is 5.82 Å². The van der Waals surface area contributed by atoms with Crippen LogP contribution >= 0.6 is 0 Å². The van der Waals surface area contributed by atoms with Gasteiger partial charge in [0, 0.05) is 13.1 Å². The van der Waals surface area contributed by atoms with E-state index in [4.69, 9.17) is 0 Å². The number of alkyl halides is 3. The molecular weight excluding hydrogens is 324 g/mol. The highest BCUT2D eigenvalue weighted by Gasteiger charge is 2.28. The molecule has 0 aliphatic heterocycles. The molecule has 2 N–H and O–H groups in total. The second-order valence-electron chi connectivity index (χ2n) is 5.45. The molecular formula is C16H24F4N4. The molecule has 24 heavy (non-hydrogen) atoms. The van der Waals surface area contributed by atoms with E-state index in [1.54, 1.807) is 12.1 Å². The summed E-state index contributed by atoms with van der Waals surface area (Å²) in [5.41, 5.74) is 0.874. The minimum atomic E-state index is -4.17. The molecule has 0 aliphatic carbocycles. The molecule has 0 saturated heterocycles. The molecule has 1 aromatic carbocycles. The summed E-state index contributed by atoms with van der Waals surface area (Å²) in [6.07, 6.45) is -3.61. The van der Waals surface area contributed by atoms with E-state index in [2.05, 4.69) is 15.6 Å². The number of hydrogen-bond acceptors (Lipinski definition) is 2. The summed E-state index contributed by atoms with van der Waals surface area (Å²) in [5.74, 6) is 0.288. The van der Waals surface area contributed by atoms with Gasteiger partial charge in [-0.15, -0.1) is 0 Å². The second-order valence-corrected chi connectivity index (χ2v) is 5.45. The van der Waals surface area contributed by atoms with Gasteiger partial charge in [-0.3, -0.25) is 4.90 Å². The van der Waals surface area contributed by atoms with Crippen LogP contribution in [0.25, 0.3) is 0 Å². The highest BCUT2D eigenvalue weighted by atomic mass is 19.4. The van der Waals surface area contributed by atoms with E-state index in [9.17, 15) is 17.6 Å². The van der Waals surface area contributed by atoms with Crippen molar-refractivity contribution >= 4 is 5.96 Å². The summed E-state index contributed by atoms with van der Waals surface area (Å²) in [4.78, 5) is 5.61. The topological polar surface area (TPSA) is 39.7 Å². The standard InChI is InChI=1S/C16H24F4N4/c1-3-21-15(23-11-13-5-7-14(17)8-6-13)22-9-4-10-24(2)12-16(18,19)20/h5-8H,3-4,9-12H2,1-2H3,(H2,21,22,23). The van der Waals surface area contributed by atoms with Crippen molar-refractivity contribution in [3.63, 3.8) is 0 Å². The van der Waals surface area contributed by atoms with Crippen molar-refractivity contribution in [2.24, 2.45) is 4.99 Å². The van der Waals surface area contributed by atoms with Crippen molar-refractivity contribution in [3.8, 4) is 0 Å². The van der Waals surface area contributed by atoms with Crippen LogP contribution in [0.3, 0.4) is 0 Å². The summed E-state index contributed by atoms with van der Waals surface area (Å²) in [7, 11) is 1.45. The van der Waals surface area contributed by atoms with Crippen molar-refractivity contribution in [3.05, 3.63) is 35.6 Å². The lowest BCUT2D eigenvalue weighted by molar-refractivity contribution is -0.143. The first-order valence-corrected chi connectivity index (χ1v) is 7.82. The molecule has 136 valence electrons. The summed E-state index contributed by atoms with van der Waals surface area (Å²) in [6.45, 7) is 2.92. The van der Waals surface area contributed by atoms with E-state index >= 15 is 0 Å². The number of guanidine groups is 1. The quantitative estimate of drug-likeness (QED) is 0.328. The van der Waals surface area contributed by atoms with Crippen LogP contribution < -0.4 is 10.6 Å². The van der Waals surface area contributed by atoms with Crippen LogP contribution in [0.5, 0.6) is 0 Å². The van der Waals surface area contributed by atoms with Gasteiger partial charge in [0.05, 0.1) is 13.1 Å². The van der Waals surface area contributed by atoms with Gasteiger partial charge in [0.2, 0.25) is 0 Å². The third-order valence-corrected chi connectivity index (χ3v) is 3.14. The molecule has 0 aromatic heterocycles. The van der Waals surface area contributed by atoms with Crippen LogP contribution in [0.15, 0.2) is 29.3 Å². The summed E-state index contributed by atoms with van der Waals surface area (Å²) in [6, 6.07) is 6.08. The molecule has 0 fully saturated rings. The van der Waals surface area contributed by atoms with Crippen LogP contribution in [0.1, 0.15) is 18.9 Å². The van der Waals surface area contributed by atoms with Crippen molar-refractivity contribution < 1.29 is 17.6 Å². The predicted molar refractivity (Wildman–Crippen MR) is 87.4 cm³/mol. The van der Waals surface area contributed by atoms with Gasteiger partial charge in [0.1, 0.15) is 5.82 Å². The Balaban J connectivity index is 2.37. The molecule has 0 atom stereocenters. The Morgan fingerprint density at radius 2 is 1.83 bits per heavy atom. The molecule has 8 heteroatoms. The Morgan fingerprint density at radius 3 is 2.42 bits per heavy atom. The first-order valence-electron chi connectivity index (χ1n) is 7.82. The minimum absolute atomic E-state index is 0.296. The van der Waals surface area contributed by atoms with Gasteiger partial charge >= 0.3 is 6.18 Å². The summed E-state index contributed by atoms with van der Waals surface area (Å²) >= 11 is 0. The Kier molecular flexibility index (Phi) is 8.53. The van der Waals surface area contributed by atoms with Crippen molar-refractivity contribution in [1.82, 2.24) is 15.5 Å². The van der Waals surface area contributed by atoms with Crippen molar-refractivity contribution in [2.75, 3.05) is 33.2 Å². The molecule has 1 aromatic rings. The molecule has 4 nitrogen and oxygen atoms in total. The number of hydrogen-bond donors (Lipinski definition) is 2. The molecule has 0 saturated carbocycles. The molecule has 0 amide bonds. The Morgan fingerprint density at radius 1 is 1.17 bits per heavy atom. The van der Waals surface area contributed by atoms with E-state index in [1.807, 2.05) is 6.92 Å². The number of aliphatic imine (C=N–C) groups is 1. The minimum Gasteiger partial charge on any atom is -0.357 e. The molecule has 0 aliphatic rings. The van der Waals surface area contributed by atoms with Crippen LogP contribution in [0.2, 0.25) is 0 Å². The molecule has 1 rings (SSSR count). The lowest BCUT2D eigenvalue weighted by Gasteiger charge is -2.18. The zero-order valence-electron chi connectivity index (χ0n) is 14.0. The number of nitrogens with zero attached hydrogens (tertiary/aromatic N) is 2. The SMILES string of the molecule is CCNC(=NCc1ccc(F)cc1)NCCCN(C)CC(F)(F)F. The van der Waals surface area contributed by atoms with E-state index in [1.165, 1.54) is 24.1 Å². The average molecular weight is 348 g/mol. The maximum atomic E-state index is 12.8. The average Bonchev–Trinajstić information content (AvgIpc) is 2.49. The normalized spacial score (nSPS) is 12.5. The molecule has 0 radical (unpaired) electrons. The zero-order valence-corrected chi connectivity index (χ0v) is 14.0. The van der Waals surface area contributed by atoms with Crippen LogP contribution in [0, 0.1) is 5.82 Å². The van der Waals surface area contributed by atoms with E-state index < -0.39 is 12.7 Å². The van der Waals surface area contributed by atoms with Crippen LogP contribution in [-0.2, 0) is 6.54 Å². The monoisotopic (exact) mass is 348 g/mol. The maximum Gasteiger partial charge on any atom is 0.401 e. The lowest BCUT2D eigenvalue weighted by Crippen LogP contribution is -2.39. The third-order valence-electron chi connectivity index (χ3n) is 3.14. The van der Waals surface area contributed by atoms with Crippen molar-refractivity contribution in [1.29, 1.82) is 0 Å². The fourth-order valence-corrected chi connectivity index (χ4v) is 2.04. The second kappa shape index (κ2) is 10.1.